The van der Waals surface area contributed by atoms with Crippen LogP contribution in [0.5, 0.6) is 5.75 Å². The van der Waals surface area contributed by atoms with E-state index in [1.165, 1.54) is 46.3 Å². The average molecular weight is 527 g/mol. The van der Waals surface area contributed by atoms with E-state index in [1.54, 1.807) is 7.11 Å². The van der Waals surface area contributed by atoms with Crippen molar-refractivity contribution in [1.82, 2.24) is 0 Å². The van der Waals surface area contributed by atoms with Gasteiger partial charge < -0.3 is 14.3 Å². The molecule has 4 heteroatoms. The van der Waals surface area contributed by atoms with Gasteiger partial charge in [0, 0.05) is 6.92 Å². The van der Waals surface area contributed by atoms with Crippen LogP contribution in [-0.4, -0.2) is 26.0 Å². The summed E-state index contributed by atoms with van der Waals surface area (Å²) in [7, 11) is 3.01. The zero-order valence-electron chi connectivity index (χ0n) is 25.9. The number of benzene rings is 2. The van der Waals surface area contributed by atoms with Crippen LogP contribution in [0.1, 0.15) is 75.2 Å². The van der Waals surface area contributed by atoms with E-state index < -0.39 is 0 Å². The number of hydrogen-bond donors (Lipinski definition) is 0. The quantitative estimate of drug-likeness (QED) is 0.294. The molecule has 0 saturated carbocycles. The summed E-state index contributed by atoms with van der Waals surface area (Å²) in [6.07, 6.45) is 10.7. The van der Waals surface area contributed by atoms with Gasteiger partial charge in [-0.25, -0.2) is 0 Å². The number of para-hydroxylation sites is 1. The van der Waals surface area contributed by atoms with E-state index in [9.17, 15) is 9.59 Å². The summed E-state index contributed by atoms with van der Waals surface area (Å²) in [5, 5.41) is 0. The normalized spacial score (nSPS) is 9.50. The molecule has 0 atom stereocenters. The van der Waals surface area contributed by atoms with Crippen molar-refractivity contribution in [2.24, 2.45) is 5.41 Å². The molecule has 2 rings (SSSR count). The van der Waals surface area contributed by atoms with Crippen LogP contribution in [-0.2, 0) is 14.3 Å². The van der Waals surface area contributed by atoms with Gasteiger partial charge in [-0.3, -0.25) is 4.79 Å². The van der Waals surface area contributed by atoms with Crippen LogP contribution in [0.25, 0.3) is 0 Å². The molecular weight excluding hydrogens is 472 g/mol. The Kier molecular flexibility index (Phi) is 34.7. The number of unbranched alkanes of at least 4 members (excludes halogenated alkanes) is 1. The van der Waals surface area contributed by atoms with E-state index in [-0.39, 0.29) is 17.2 Å². The number of Topliss-reactive ketones (excluding diaryl/α,β-unsaturated/α-hetero) is 1. The Labute approximate surface area is 234 Å². The molecule has 0 saturated heterocycles. The van der Waals surface area contributed by atoms with Crippen molar-refractivity contribution in [3.63, 3.8) is 0 Å². The lowest BCUT2D eigenvalue weighted by atomic mass is 9.86. The number of carbonyl (C=O) groups is 2. The summed E-state index contributed by atoms with van der Waals surface area (Å²) < 4.78 is 9.03. The minimum absolute atomic E-state index is 0.167. The molecule has 0 aliphatic heterocycles. The Morgan fingerprint density at radius 1 is 0.816 bits per heavy atom. The number of methoxy groups -OCH3 is 2. The van der Waals surface area contributed by atoms with Gasteiger partial charge in [-0.05, 0) is 43.9 Å². The molecule has 0 bridgehead atoms. The van der Waals surface area contributed by atoms with Crippen LogP contribution < -0.4 is 4.74 Å². The summed E-state index contributed by atoms with van der Waals surface area (Å²) >= 11 is 0. The van der Waals surface area contributed by atoms with Gasteiger partial charge in [0.15, 0.2) is 0 Å². The highest BCUT2D eigenvalue weighted by atomic mass is 16.5. The molecule has 0 fully saturated rings. The SMILES string of the molecule is C=C/C(=C\C=C/C)C(C)(C)C.CC(C)=O.CCCC.COC(C)=O.COc1ccccc1.c1ccccc1. The summed E-state index contributed by atoms with van der Waals surface area (Å²) in [4.78, 5) is 19.0. The molecule has 0 spiro atoms. The number of hydrogen-bond acceptors (Lipinski definition) is 4. The van der Waals surface area contributed by atoms with E-state index in [2.05, 4.69) is 52.0 Å². The maximum absolute atomic E-state index is 9.59. The highest BCUT2D eigenvalue weighted by Gasteiger charge is 2.12. The zero-order chi connectivity index (χ0) is 30.2. The monoisotopic (exact) mass is 526 g/mol. The molecule has 0 aliphatic rings. The van der Waals surface area contributed by atoms with E-state index >= 15 is 0 Å². The van der Waals surface area contributed by atoms with Crippen LogP contribution in [0.15, 0.2) is 103 Å². The maximum atomic E-state index is 9.59. The summed E-state index contributed by atoms with van der Waals surface area (Å²) in [6, 6.07) is 21.7. The summed E-state index contributed by atoms with van der Waals surface area (Å²) in [6.45, 7) is 21.1. The number of ether oxygens (including phenoxy) is 2. The fourth-order valence-electron chi connectivity index (χ4n) is 1.77. The number of ketones is 1. The van der Waals surface area contributed by atoms with Gasteiger partial charge in [-0.1, -0.05) is 133 Å². The molecule has 4 nitrogen and oxygen atoms in total. The number of rotatable bonds is 4. The molecule has 0 heterocycles. The lowest BCUT2D eigenvalue weighted by Crippen LogP contribution is -2.06. The van der Waals surface area contributed by atoms with Gasteiger partial charge in [0.05, 0.1) is 14.2 Å². The van der Waals surface area contributed by atoms with Crippen molar-refractivity contribution >= 4 is 11.8 Å². The lowest BCUT2D eigenvalue weighted by Gasteiger charge is -2.19. The molecule has 0 amide bonds. The second kappa shape index (κ2) is 31.6. The average Bonchev–Trinajstić information content (AvgIpc) is 2.90. The van der Waals surface area contributed by atoms with E-state index in [0.29, 0.717) is 0 Å². The van der Waals surface area contributed by atoms with Gasteiger partial charge in [0.1, 0.15) is 11.5 Å². The Balaban J connectivity index is -0.000000191. The van der Waals surface area contributed by atoms with Crippen molar-refractivity contribution in [2.45, 2.75) is 75.2 Å². The minimum Gasteiger partial charge on any atom is -0.497 e. The van der Waals surface area contributed by atoms with Crippen molar-refractivity contribution in [3.8, 4) is 5.75 Å². The predicted octanol–water partition coefficient (Wildman–Crippen LogP) is 9.68. The van der Waals surface area contributed by atoms with Crippen molar-refractivity contribution in [1.29, 1.82) is 0 Å². The Morgan fingerprint density at radius 3 is 1.34 bits per heavy atom. The Bertz CT molecular complexity index is 797. The fraction of sp³-hybridized carbons (Fsp3) is 0.412. The highest BCUT2D eigenvalue weighted by molar-refractivity contribution is 5.72. The molecule has 0 radical (unpaired) electrons. The molecule has 0 N–H and O–H groups in total. The van der Waals surface area contributed by atoms with Crippen LogP contribution in [0, 0.1) is 5.41 Å². The molecule has 214 valence electrons. The van der Waals surface area contributed by atoms with Crippen LogP contribution in [0.4, 0.5) is 0 Å². The van der Waals surface area contributed by atoms with Crippen molar-refractivity contribution < 1.29 is 19.1 Å². The standard InChI is InChI=1S/C11H18.C7H8O.C6H6.C4H10.C3H6O2.C3H6O/c1-6-8-9-10(7-2)11(3,4)5;1-8-7-5-3-2-4-6-7;1-2-4-6-5-3-1;1-3-4-2;1-3(4)5-2;1-3(2)4/h6-9H,2H2,1,3-5H3;2-6H,1H3;1-6H;3-4H2,1-2H3;1-2H3;1-2H3/b8-6-,10-9+;;;;;. The largest absolute Gasteiger partial charge is 0.497 e. The number of carbonyl (C=O) groups excluding carboxylic acids is 2. The first-order chi connectivity index (χ1) is 17.9. The van der Waals surface area contributed by atoms with Gasteiger partial charge in [0.2, 0.25) is 0 Å². The zero-order valence-corrected chi connectivity index (χ0v) is 25.9. The van der Waals surface area contributed by atoms with Gasteiger partial charge in [0.25, 0.3) is 0 Å². The molecule has 0 aliphatic carbocycles. The predicted molar refractivity (Wildman–Crippen MR) is 167 cm³/mol. The van der Waals surface area contributed by atoms with Crippen LogP contribution in [0.3, 0.4) is 0 Å². The topological polar surface area (TPSA) is 52.6 Å². The summed E-state index contributed by atoms with van der Waals surface area (Å²) in [5.74, 6) is 0.831. The third kappa shape index (κ3) is 42.7. The summed E-state index contributed by atoms with van der Waals surface area (Å²) in [5.41, 5.74) is 1.48. The fourth-order valence-corrected chi connectivity index (χ4v) is 1.77. The number of esters is 1. The second-order valence-corrected chi connectivity index (χ2v) is 8.88. The van der Waals surface area contributed by atoms with E-state index in [1.807, 2.05) is 91.9 Å². The van der Waals surface area contributed by atoms with Crippen LogP contribution >= 0.6 is 0 Å². The number of allylic oxidation sites excluding steroid dienone is 5. The first-order valence-corrected chi connectivity index (χ1v) is 12.9. The maximum Gasteiger partial charge on any atom is 0.302 e. The Hall–Kier alpha value is -3.40. The lowest BCUT2D eigenvalue weighted by molar-refractivity contribution is -0.137. The molecular formula is C34H54O4. The van der Waals surface area contributed by atoms with Crippen molar-refractivity contribution in [2.75, 3.05) is 14.2 Å². The van der Waals surface area contributed by atoms with Gasteiger partial charge in [-0.15, -0.1) is 0 Å². The molecule has 0 unspecified atom stereocenters. The molecule has 2 aromatic carbocycles. The smallest absolute Gasteiger partial charge is 0.302 e. The first kappa shape index (κ1) is 41.7. The third-order valence-electron chi connectivity index (χ3n) is 3.99. The van der Waals surface area contributed by atoms with E-state index in [4.69, 9.17) is 4.74 Å². The van der Waals surface area contributed by atoms with Crippen LogP contribution in [0.2, 0.25) is 0 Å². The van der Waals surface area contributed by atoms with Crippen molar-refractivity contribution in [3.05, 3.63) is 103 Å². The third-order valence-corrected chi connectivity index (χ3v) is 3.99. The molecule has 0 aromatic heterocycles. The second-order valence-electron chi connectivity index (χ2n) is 8.88. The van der Waals surface area contributed by atoms with Gasteiger partial charge >= 0.3 is 5.97 Å². The first-order valence-electron chi connectivity index (χ1n) is 12.9. The Morgan fingerprint density at radius 2 is 1.16 bits per heavy atom. The molecule has 38 heavy (non-hydrogen) atoms. The molecule has 2 aromatic rings. The highest BCUT2D eigenvalue weighted by Crippen LogP contribution is 2.25. The minimum atomic E-state index is -0.245. The van der Waals surface area contributed by atoms with Gasteiger partial charge in [-0.2, -0.15) is 0 Å². The van der Waals surface area contributed by atoms with E-state index in [0.717, 1.165) is 5.75 Å².